The van der Waals surface area contributed by atoms with E-state index in [9.17, 15) is 9.59 Å². The van der Waals surface area contributed by atoms with E-state index in [0.29, 0.717) is 12.3 Å². The lowest BCUT2D eigenvalue weighted by Crippen LogP contribution is -2.39. The highest BCUT2D eigenvalue weighted by atomic mass is 16.5. The van der Waals surface area contributed by atoms with Gasteiger partial charge in [-0.3, -0.25) is 18.8 Å². The van der Waals surface area contributed by atoms with Crippen LogP contribution < -0.4 is 10.6 Å². The number of hydrogen-bond acceptors (Lipinski definition) is 3. The third-order valence-corrected chi connectivity index (χ3v) is 5.92. The minimum atomic E-state index is -0.261. The topological polar surface area (TPSA) is 56.5 Å². The molecule has 0 saturated carbocycles. The molecule has 6 heteroatoms. The third kappa shape index (κ3) is 4.28. The molecule has 0 bridgehead atoms. The van der Waals surface area contributed by atoms with Crippen molar-refractivity contribution in [3.05, 3.63) is 69.6 Å². The van der Waals surface area contributed by atoms with E-state index in [4.69, 9.17) is 4.74 Å². The summed E-state index contributed by atoms with van der Waals surface area (Å²) < 4.78 is 8.78. The molecule has 3 aromatic rings. The predicted octanol–water partition coefficient (Wildman–Crippen LogP) is 4.81. The van der Waals surface area contributed by atoms with Crippen molar-refractivity contribution in [1.82, 2.24) is 9.13 Å². The van der Waals surface area contributed by atoms with Gasteiger partial charge in [0, 0.05) is 12.3 Å². The fourth-order valence-corrected chi connectivity index (χ4v) is 4.09. The molecule has 0 unspecified atom stereocenters. The van der Waals surface area contributed by atoms with Crippen LogP contribution in [0.3, 0.4) is 0 Å². The van der Waals surface area contributed by atoms with Crippen LogP contribution in [-0.4, -0.2) is 28.4 Å². The minimum absolute atomic E-state index is 0.0807. The molecule has 32 heavy (non-hydrogen) atoms. The predicted molar refractivity (Wildman–Crippen MR) is 131 cm³/mol. The van der Waals surface area contributed by atoms with Crippen LogP contribution in [0.4, 0.5) is 5.69 Å². The normalized spacial score (nSPS) is 11.2. The summed E-state index contributed by atoms with van der Waals surface area (Å²) in [6.07, 6.45) is 0.792. The highest BCUT2D eigenvalue weighted by Crippen LogP contribution is 2.27. The Labute approximate surface area is 189 Å². The van der Waals surface area contributed by atoms with Gasteiger partial charge >= 0.3 is 5.69 Å². The van der Waals surface area contributed by atoms with Crippen LogP contribution in [-0.2, 0) is 22.5 Å². The molecule has 0 atom stereocenters. The molecular formula is C26H33N3O3. The van der Waals surface area contributed by atoms with Gasteiger partial charge in [-0.1, -0.05) is 31.7 Å². The molecule has 0 radical (unpaired) electrons. The first-order valence-electron chi connectivity index (χ1n) is 11.1. The average molecular weight is 436 g/mol. The van der Waals surface area contributed by atoms with Gasteiger partial charge in [-0.2, -0.15) is 0 Å². The quantitative estimate of drug-likeness (QED) is 0.477. The number of rotatable bonds is 8. The van der Waals surface area contributed by atoms with Crippen molar-refractivity contribution in [1.29, 1.82) is 0 Å². The molecule has 0 spiro atoms. The monoisotopic (exact) mass is 435 g/mol. The van der Waals surface area contributed by atoms with Gasteiger partial charge in [-0.15, -0.1) is 0 Å². The van der Waals surface area contributed by atoms with Gasteiger partial charge < -0.3 is 4.74 Å². The van der Waals surface area contributed by atoms with Crippen molar-refractivity contribution in [2.75, 3.05) is 18.2 Å². The second-order valence-corrected chi connectivity index (χ2v) is 8.24. The van der Waals surface area contributed by atoms with E-state index in [1.165, 1.54) is 0 Å². The molecule has 0 aliphatic carbocycles. The van der Waals surface area contributed by atoms with Crippen molar-refractivity contribution in [3.63, 3.8) is 0 Å². The van der Waals surface area contributed by atoms with Gasteiger partial charge in [0.25, 0.3) is 0 Å². The van der Waals surface area contributed by atoms with Crippen LogP contribution in [0, 0.1) is 20.8 Å². The number of ether oxygens (including phenoxy) is 1. The first-order valence-corrected chi connectivity index (χ1v) is 11.1. The van der Waals surface area contributed by atoms with Crippen LogP contribution in [0.2, 0.25) is 0 Å². The Bertz CT molecular complexity index is 1230. The van der Waals surface area contributed by atoms with Gasteiger partial charge in [-0.05, 0) is 75.4 Å². The number of aromatic nitrogens is 2. The molecule has 0 N–H and O–H groups in total. The first kappa shape index (κ1) is 23.5. The lowest BCUT2D eigenvalue weighted by atomic mass is 10.0. The van der Waals surface area contributed by atoms with Gasteiger partial charge in [0.1, 0.15) is 13.3 Å². The fourth-order valence-electron chi connectivity index (χ4n) is 4.09. The third-order valence-electron chi connectivity index (χ3n) is 5.92. The van der Waals surface area contributed by atoms with Gasteiger partial charge in [0.15, 0.2) is 0 Å². The summed E-state index contributed by atoms with van der Waals surface area (Å²) >= 11 is 0. The number of para-hydroxylation sites is 1. The van der Waals surface area contributed by atoms with Gasteiger partial charge in [0.2, 0.25) is 5.91 Å². The van der Waals surface area contributed by atoms with E-state index in [-0.39, 0.29) is 24.9 Å². The lowest BCUT2D eigenvalue weighted by Gasteiger charge is -2.26. The van der Waals surface area contributed by atoms with Crippen molar-refractivity contribution in [3.8, 4) is 0 Å². The summed E-state index contributed by atoms with van der Waals surface area (Å²) in [6.45, 7) is 16.3. The van der Waals surface area contributed by atoms with Crippen LogP contribution in [0.15, 0.2) is 41.7 Å². The Morgan fingerprint density at radius 1 is 1.06 bits per heavy atom. The molecule has 1 heterocycles. The smallest absolute Gasteiger partial charge is 0.333 e. The van der Waals surface area contributed by atoms with Crippen LogP contribution >= 0.6 is 0 Å². The SMILES string of the molecule is C=C(C)n1c(=O)n(CC(=O)N(COCC)c2c(C)cccc2CC)c2cc(C)c(C)cc21. The number of allylic oxidation sites excluding steroid dienone is 1. The van der Waals surface area contributed by atoms with E-state index in [0.717, 1.165) is 45.4 Å². The molecule has 0 fully saturated rings. The Morgan fingerprint density at radius 2 is 1.72 bits per heavy atom. The van der Waals surface area contributed by atoms with E-state index in [2.05, 4.69) is 13.5 Å². The number of benzene rings is 2. The Morgan fingerprint density at radius 3 is 2.31 bits per heavy atom. The molecule has 0 saturated heterocycles. The summed E-state index contributed by atoms with van der Waals surface area (Å²) in [6, 6.07) is 9.97. The zero-order valence-electron chi connectivity index (χ0n) is 20.0. The van der Waals surface area contributed by atoms with E-state index in [1.54, 1.807) is 21.0 Å². The maximum atomic E-state index is 13.6. The Balaban J connectivity index is 2.13. The number of carbonyl (C=O) groups is 1. The number of anilines is 1. The molecule has 6 nitrogen and oxygen atoms in total. The average Bonchev–Trinajstić information content (AvgIpc) is 3.00. The zero-order valence-corrected chi connectivity index (χ0v) is 20.0. The molecule has 3 rings (SSSR count). The number of hydrogen-bond donors (Lipinski definition) is 0. The lowest BCUT2D eigenvalue weighted by molar-refractivity contribution is -0.120. The maximum absolute atomic E-state index is 13.6. The summed E-state index contributed by atoms with van der Waals surface area (Å²) in [5.74, 6) is -0.191. The molecule has 0 aliphatic heterocycles. The van der Waals surface area contributed by atoms with Crippen molar-refractivity contribution in [2.45, 2.75) is 54.5 Å². The molecule has 1 aromatic heterocycles. The molecule has 0 aliphatic rings. The van der Waals surface area contributed by atoms with Crippen molar-refractivity contribution >= 4 is 28.3 Å². The number of carbonyl (C=O) groups excluding carboxylic acids is 1. The maximum Gasteiger partial charge on any atom is 0.333 e. The minimum Gasteiger partial charge on any atom is -0.361 e. The summed E-state index contributed by atoms with van der Waals surface area (Å²) in [5.41, 5.74) is 6.93. The fraction of sp³-hybridized carbons (Fsp3) is 0.385. The summed E-state index contributed by atoms with van der Waals surface area (Å²) in [7, 11) is 0. The zero-order chi connectivity index (χ0) is 23.6. The largest absolute Gasteiger partial charge is 0.361 e. The van der Waals surface area contributed by atoms with Gasteiger partial charge in [-0.25, -0.2) is 4.79 Å². The number of imidazole rings is 1. The highest BCUT2D eigenvalue weighted by molar-refractivity contribution is 5.95. The van der Waals surface area contributed by atoms with Crippen molar-refractivity contribution in [2.24, 2.45) is 0 Å². The number of fused-ring (bicyclic) bond motifs is 1. The van der Waals surface area contributed by atoms with E-state index in [1.807, 2.05) is 58.0 Å². The van der Waals surface area contributed by atoms with Crippen LogP contribution in [0.5, 0.6) is 0 Å². The number of amides is 1. The van der Waals surface area contributed by atoms with Crippen molar-refractivity contribution < 1.29 is 9.53 Å². The molecule has 2 aromatic carbocycles. The second kappa shape index (κ2) is 9.57. The molecular weight excluding hydrogens is 402 g/mol. The Kier molecular flexibility index (Phi) is 7.04. The van der Waals surface area contributed by atoms with Crippen LogP contribution in [0.1, 0.15) is 43.0 Å². The summed E-state index contributed by atoms with van der Waals surface area (Å²) in [4.78, 5) is 28.6. The number of aryl methyl sites for hydroxylation is 4. The first-order chi connectivity index (χ1) is 15.2. The summed E-state index contributed by atoms with van der Waals surface area (Å²) in [5, 5.41) is 0. The van der Waals surface area contributed by atoms with E-state index < -0.39 is 0 Å². The Hall–Kier alpha value is -3.12. The highest BCUT2D eigenvalue weighted by Gasteiger charge is 2.24. The van der Waals surface area contributed by atoms with Gasteiger partial charge in [0.05, 0.1) is 16.7 Å². The molecule has 170 valence electrons. The molecule has 1 amide bonds. The standard InChI is InChI=1S/C26H33N3O3/c1-8-21-12-10-11-18(5)25(21)28(16-32-9-2)24(30)15-27-22-13-19(6)20(7)14-23(22)29(17(3)4)26(27)31/h10-14H,3,8-9,15-16H2,1-2,4-7H3. The second-order valence-electron chi connectivity index (χ2n) is 8.24. The van der Waals surface area contributed by atoms with E-state index >= 15 is 0 Å². The number of nitrogens with zero attached hydrogens (tertiary/aromatic N) is 3. The van der Waals surface area contributed by atoms with Crippen LogP contribution in [0.25, 0.3) is 16.7 Å².